The molecule has 0 N–H and O–H groups in total. The van der Waals surface area contributed by atoms with Crippen LogP contribution in [-0.4, -0.2) is 15.0 Å². The maximum atomic E-state index is 12.4. The van der Waals surface area contributed by atoms with Gasteiger partial charge in [0.1, 0.15) is 0 Å². The minimum atomic E-state index is -4.35. The third-order valence-corrected chi connectivity index (χ3v) is 11.1. The molecule has 0 fully saturated rings. The van der Waals surface area contributed by atoms with Crippen molar-refractivity contribution in [2.75, 3.05) is 0 Å². The molecule has 276 valence electrons. The number of fused-ring (bicyclic) bond motifs is 3. The Labute approximate surface area is 337 Å². The summed E-state index contributed by atoms with van der Waals surface area (Å²) in [5, 5.41) is 3.07. The molecule has 9 rings (SSSR count). The second kappa shape index (κ2) is 16.9. The van der Waals surface area contributed by atoms with E-state index >= 15 is 0 Å². The van der Waals surface area contributed by atoms with Crippen molar-refractivity contribution in [3.63, 3.8) is 0 Å². The molecule has 0 aliphatic heterocycles. The van der Waals surface area contributed by atoms with E-state index in [0.717, 1.165) is 65.0 Å². The van der Waals surface area contributed by atoms with E-state index in [4.69, 9.17) is 0 Å². The zero-order valence-corrected chi connectivity index (χ0v) is 33.1. The Balaban J connectivity index is 0.000000140. The number of hydrogen-bond acceptors (Lipinski definition) is 6. The maximum absolute atomic E-state index is 12.4. The second-order valence-electron chi connectivity index (χ2n) is 11.7. The summed E-state index contributed by atoms with van der Waals surface area (Å²) in [5.41, 5.74) is 1.73. The van der Waals surface area contributed by atoms with Crippen LogP contribution in [0.4, 0.5) is 26.3 Å². The molecule has 9 aromatic rings. The molecule has 3 aromatic carbocycles. The monoisotopic (exact) mass is 973 g/mol. The molecule has 0 bridgehead atoms. The van der Waals surface area contributed by atoms with Crippen LogP contribution in [0.1, 0.15) is 16.7 Å². The predicted octanol–water partition coefficient (Wildman–Crippen LogP) is 13.6. The summed E-state index contributed by atoms with van der Waals surface area (Å²) in [4.78, 5) is 14.8. The van der Waals surface area contributed by atoms with Crippen molar-refractivity contribution in [3.8, 4) is 31.7 Å². The average molecular weight is 973 g/mol. The molecule has 0 unspecified atom stereocenters. The van der Waals surface area contributed by atoms with Gasteiger partial charge in [-0.1, -0.05) is 72.8 Å². The topological polar surface area (TPSA) is 38.7 Å². The number of rotatable bonds is 3. The molecule has 55 heavy (non-hydrogen) atoms. The Kier molecular flexibility index (Phi) is 12.3. The van der Waals surface area contributed by atoms with Crippen molar-refractivity contribution in [1.82, 2.24) is 15.0 Å². The van der Waals surface area contributed by atoms with Crippen molar-refractivity contribution in [1.29, 1.82) is 0 Å². The fraction of sp³-hybridized carbons (Fsp3) is 0.0714. The first kappa shape index (κ1) is 39.9. The first-order valence-corrected chi connectivity index (χ1v) is 18.6. The summed E-state index contributed by atoms with van der Waals surface area (Å²) in [6.45, 7) is 2.05. The Hall–Kier alpha value is -4.78. The van der Waals surface area contributed by atoms with Crippen LogP contribution < -0.4 is 0 Å². The second-order valence-corrected chi connectivity index (χ2v) is 14.9. The van der Waals surface area contributed by atoms with E-state index in [1.165, 1.54) is 50.5 Å². The summed E-state index contributed by atoms with van der Waals surface area (Å²) < 4.78 is 78.0. The number of pyridine rings is 3. The summed E-state index contributed by atoms with van der Waals surface area (Å²) in [7, 11) is 0. The van der Waals surface area contributed by atoms with Gasteiger partial charge in [0.25, 0.3) is 0 Å². The molecule has 0 amide bonds. The molecule has 3 nitrogen and oxygen atoms in total. The molecule has 6 heterocycles. The van der Waals surface area contributed by atoms with Gasteiger partial charge in [-0.3, -0.25) is 0 Å². The van der Waals surface area contributed by atoms with E-state index in [9.17, 15) is 26.3 Å². The zero-order valence-electron chi connectivity index (χ0n) is 28.3. The normalized spacial score (nSPS) is 11.4. The first-order valence-electron chi connectivity index (χ1n) is 16.1. The molecule has 6 aromatic heterocycles. The molecule has 0 saturated carbocycles. The fourth-order valence-electron chi connectivity index (χ4n) is 5.09. The van der Waals surface area contributed by atoms with Crippen molar-refractivity contribution in [2.45, 2.75) is 19.3 Å². The number of thiophene rings is 3. The molecule has 0 spiro atoms. The summed E-state index contributed by atoms with van der Waals surface area (Å²) >= 11 is 4.67. The van der Waals surface area contributed by atoms with Crippen LogP contribution in [0.25, 0.3) is 62.0 Å². The van der Waals surface area contributed by atoms with Gasteiger partial charge in [-0.25, -0.2) is 34.0 Å². The number of halogens is 6. The van der Waals surface area contributed by atoms with Crippen molar-refractivity contribution >= 4 is 64.3 Å². The quantitative estimate of drug-likeness (QED) is 0.131. The molecular formula is C42H24F6IrN3S3. The zero-order chi connectivity index (χ0) is 37.9. The van der Waals surface area contributed by atoms with Crippen LogP contribution in [0, 0.1) is 25.1 Å². The maximum Gasteiger partial charge on any atom is 3.00 e. The van der Waals surface area contributed by atoms with Crippen molar-refractivity contribution in [3.05, 3.63) is 163 Å². The van der Waals surface area contributed by atoms with Gasteiger partial charge in [0.05, 0.1) is 11.1 Å². The average Bonchev–Trinajstić information content (AvgIpc) is 3.92. The summed E-state index contributed by atoms with van der Waals surface area (Å²) in [6.07, 6.45) is -5.10. The van der Waals surface area contributed by atoms with Crippen LogP contribution in [0.2, 0.25) is 0 Å². The third-order valence-electron chi connectivity index (χ3n) is 7.83. The number of aryl methyl sites for hydroxylation is 1. The van der Waals surface area contributed by atoms with Crippen LogP contribution in [0.15, 0.2) is 128 Å². The predicted molar refractivity (Wildman–Crippen MR) is 206 cm³/mol. The molecule has 0 radical (unpaired) electrons. The smallest absolute Gasteiger partial charge is 0.303 e. The minimum absolute atomic E-state index is 0. The van der Waals surface area contributed by atoms with E-state index in [2.05, 4.69) is 63.5 Å². The minimum Gasteiger partial charge on any atom is -0.303 e. The number of alkyl halides is 6. The van der Waals surface area contributed by atoms with Gasteiger partial charge in [-0.2, -0.15) is 26.3 Å². The Morgan fingerprint density at radius 2 is 0.764 bits per heavy atom. The Morgan fingerprint density at radius 3 is 1.04 bits per heavy atom. The van der Waals surface area contributed by atoms with Crippen LogP contribution in [0.5, 0.6) is 0 Å². The van der Waals surface area contributed by atoms with Gasteiger partial charge in [0, 0.05) is 35.7 Å². The fourth-order valence-corrected chi connectivity index (χ4v) is 8.04. The Morgan fingerprint density at radius 1 is 0.436 bits per heavy atom. The number of benzene rings is 3. The van der Waals surface area contributed by atoms with Crippen LogP contribution in [-0.2, 0) is 32.5 Å². The van der Waals surface area contributed by atoms with Gasteiger partial charge >= 0.3 is 32.5 Å². The van der Waals surface area contributed by atoms with Gasteiger partial charge in [-0.05, 0) is 41.2 Å². The van der Waals surface area contributed by atoms with Gasteiger partial charge in [0.2, 0.25) is 0 Å². The largest absolute Gasteiger partial charge is 3.00 e. The van der Waals surface area contributed by atoms with Crippen molar-refractivity contribution < 1.29 is 46.4 Å². The van der Waals surface area contributed by atoms with E-state index in [-0.39, 0.29) is 20.1 Å². The SMILES string of the molecule is Cc1ccc(-c2[c-]c3ccccc3s2)nc1.FC(F)(F)c1ccc(-c2[c-]c3ccccc3s2)nc1.FC(F)(F)c1ccc(-c2[c-]c3ccccc3s2)nc1.[Ir+3]. The van der Waals surface area contributed by atoms with Crippen LogP contribution in [0.3, 0.4) is 0 Å². The summed E-state index contributed by atoms with van der Waals surface area (Å²) in [5.74, 6) is 0. The van der Waals surface area contributed by atoms with Crippen molar-refractivity contribution in [2.24, 2.45) is 0 Å². The molecule has 0 aliphatic carbocycles. The molecule has 0 aliphatic rings. The standard InChI is InChI=1S/2C14H7F3NS.C14H10NS.Ir/c2*15-14(16,17)10-5-6-11(18-8-10)13-7-9-3-1-2-4-12(9)19-13;1-10-6-7-12(15-9-10)14-8-11-4-2-3-5-13(11)16-14;/h2*1-6,8H;2-7,9H,1H3;/q3*-1;+3. The van der Waals surface area contributed by atoms with Gasteiger partial charge in [-0.15, -0.1) is 70.8 Å². The number of nitrogens with zero attached hydrogens (tertiary/aromatic N) is 3. The van der Waals surface area contributed by atoms with E-state index in [1.807, 2.05) is 67.7 Å². The number of hydrogen-bond donors (Lipinski definition) is 0. The molecule has 0 atom stereocenters. The molecular weight excluding hydrogens is 949 g/mol. The summed E-state index contributed by atoms with van der Waals surface area (Å²) in [6, 6.07) is 42.3. The Bertz CT molecular complexity index is 2420. The van der Waals surface area contributed by atoms with Crippen LogP contribution >= 0.6 is 34.0 Å². The van der Waals surface area contributed by atoms with E-state index in [1.54, 1.807) is 11.3 Å². The van der Waals surface area contributed by atoms with E-state index < -0.39 is 23.5 Å². The third kappa shape index (κ3) is 9.73. The van der Waals surface area contributed by atoms with Gasteiger partial charge < -0.3 is 15.0 Å². The van der Waals surface area contributed by atoms with E-state index in [0.29, 0.717) is 11.4 Å². The number of aromatic nitrogens is 3. The molecule has 0 saturated heterocycles. The molecule has 13 heteroatoms. The first-order chi connectivity index (χ1) is 25.9. The van der Waals surface area contributed by atoms with Gasteiger partial charge in [0.15, 0.2) is 0 Å².